The Morgan fingerprint density at radius 3 is 3.07 bits per heavy atom. The molecule has 1 aromatic rings. The van der Waals surface area contributed by atoms with Crippen molar-refractivity contribution in [2.45, 2.75) is 6.42 Å². The molecule has 0 unspecified atom stereocenters. The summed E-state index contributed by atoms with van der Waals surface area (Å²) in [5.41, 5.74) is 5.51. The van der Waals surface area contributed by atoms with Gasteiger partial charge in [-0.25, -0.2) is 4.98 Å². The van der Waals surface area contributed by atoms with E-state index >= 15 is 0 Å². The standard InChI is InChI=1S/C9H12N2O2S/c10-9(12)7-2-3-11-8(6-7)13-4-1-5-14/h2-3,6,14H,1,4-5H2,(H2,10,12). The molecule has 0 aliphatic carbocycles. The number of hydrogen-bond donors (Lipinski definition) is 2. The van der Waals surface area contributed by atoms with Crippen LogP contribution < -0.4 is 10.5 Å². The molecular weight excluding hydrogens is 200 g/mol. The van der Waals surface area contributed by atoms with Crippen molar-refractivity contribution < 1.29 is 9.53 Å². The maximum Gasteiger partial charge on any atom is 0.248 e. The van der Waals surface area contributed by atoms with Crippen molar-refractivity contribution >= 4 is 18.5 Å². The number of ether oxygens (including phenoxy) is 1. The molecule has 0 aromatic carbocycles. The Kier molecular flexibility index (Phi) is 4.25. The third-order valence-corrected chi connectivity index (χ3v) is 1.89. The minimum Gasteiger partial charge on any atom is -0.478 e. The maximum absolute atomic E-state index is 10.8. The molecular formula is C9H12N2O2S. The lowest BCUT2D eigenvalue weighted by atomic mass is 10.2. The van der Waals surface area contributed by atoms with Gasteiger partial charge in [-0.2, -0.15) is 12.6 Å². The molecule has 0 spiro atoms. The molecule has 0 aliphatic rings. The molecule has 0 bridgehead atoms. The van der Waals surface area contributed by atoms with Crippen molar-refractivity contribution in [3.05, 3.63) is 23.9 Å². The summed E-state index contributed by atoms with van der Waals surface area (Å²) in [6.07, 6.45) is 2.34. The lowest BCUT2D eigenvalue weighted by Gasteiger charge is -2.04. The van der Waals surface area contributed by atoms with Crippen LogP contribution in [-0.2, 0) is 0 Å². The number of hydrogen-bond acceptors (Lipinski definition) is 4. The van der Waals surface area contributed by atoms with E-state index in [1.807, 2.05) is 0 Å². The first-order chi connectivity index (χ1) is 6.74. The minimum atomic E-state index is -0.480. The van der Waals surface area contributed by atoms with Gasteiger partial charge in [-0.05, 0) is 18.2 Å². The molecule has 0 saturated heterocycles. The average Bonchev–Trinajstić information content (AvgIpc) is 2.19. The molecule has 0 saturated carbocycles. The SMILES string of the molecule is NC(=O)c1ccnc(OCCCS)c1. The summed E-state index contributed by atoms with van der Waals surface area (Å²) in [7, 11) is 0. The van der Waals surface area contributed by atoms with Crippen LogP contribution in [0, 0.1) is 0 Å². The number of amides is 1. The molecule has 5 heteroatoms. The molecule has 0 fully saturated rings. The Bertz CT molecular complexity index is 317. The van der Waals surface area contributed by atoms with Gasteiger partial charge in [-0.3, -0.25) is 4.79 Å². The Morgan fingerprint density at radius 1 is 1.64 bits per heavy atom. The highest BCUT2D eigenvalue weighted by atomic mass is 32.1. The van der Waals surface area contributed by atoms with Gasteiger partial charge in [0.1, 0.15) is 0 Å². The van der Waals surface area contributed by atoms with Gasteiger partial charge in [-0.15, -0.1) is 0 Å². The molecule has 14 heavy (non-hydrogen) atoms. The third kappa shape index (κ3) is 3.26. The van der Waals surface area contributed by atoms with Gasteiger partial charge < -0.3 is 10.5 Å². The normalized spacial score (nSPS) is 9.79. The predicted molar refractivity (Wildman–Crippen MR) is 56.7 cm³/mol. The van der Waals surface area contributed by atoms with E-state index in [9.17, 15) is 4.79 Å². The van der Waals surface area contributed by atoms with Crippen molar-refractivity contribution in [2.24, 2.45) is 5.73 Å². The number of rotatable bonds is 5. The van der Waals surface area contributed by atoms with Crippen molar-refractivity contribution in [1.82, 2.24) is 4.98 Å². The van der Waals surface area contributed by atoms with E-state index in [-0.39, 0.29) is 0 Å². The van der Waals surface area contributed by atoms with Gasteiger partial charge in [0, 0.05) is 17.8 Å². The summed E-state index contributed by atoms with van der Waals surface area (Å²) in [5, 5.41) is 0. The topological polar surface area (TPSA) is 65.2 Å². The second kappa shape index (κ2) is 5.49. The highest BCUT2D eigenvalue weighted by Crippen LogP contribution is 2.08. The van der Waals surface area contributed by atoms with E-state index in [1.54, 1.807) is 6.07 Å². The summed E-state index contributed by atoms with van der Waals surface area (Å²) < 4.78 is 5.27. The van der Waals surface area contributed by atoms with Crippen molar-refractivity contribution in [3.63, 3.8) is 0 Å². The van der Waals surface area contributed by atoms with E-state index < -0.39 is 5.91 Å². The summed E-state index contributed by atoms with van der Waals surface area (Å²) in [5.74, 6) is 0.699. The first kappa shape index (κ1) is 10.8. The van der Waals surface area contributed by atoms with Crippen molar-refractivity contribution in [3.8, 4) is 5.88 Å². The Balaban J connectivity index is 2.59. The highest BCUT2D eigenvalue weighted by molar-refractivity contribution is 7.80. The molecule has 2 N–H and O–H groups in total. The molecule has 1 amide bonds. The van der Waals surface area contributed by atoms with E-state index in [2.05, 4.69) is 17.6 Å². The lowest BCUT2D eigenvalue weighted by Crippen LogP contribution is -2.11. The largest absolute Gasteiger partial charge is 0.478 e. The number of pyridine rings is 1. The summed E-state index contributed by atoms with van der Waals surface area (Å²) in [6.45, 7) is 0.540. The Hall–Kier alpha value is -1.23. The van der Waals surface area contributed by atoms with E-state index in [0.717, 1.165) is 12.2 Å². The van der Waals surface area contributed by atoms with Crippen LogP contribution in [0.15, 0.2) is 18.3 Å². The van der Waals surface area contributed by atoms with Gasteiger partial charge in [0.05, 0.1) is 6.61 Å². The fraction of sp³-hybridized carbons (Fsp3) is 0.333. The van der Waals surface area contributed by atoms with Crippen LogP contribution in [0.2, 0.25) is 0 Å². The van der Waals surface area contributed by atoms with E-state index in [0.29, 0.717) is 18.1 Å². The van der Waals surface area contributed by atoms with Crippen LogP contribution in [0.1, 0.15) is 16.8 Å². The van der Waals surface area contributed by atoms with Crippen LogP contribution in [0.5, 0.6) is 5.88 Å². The van der Waals surface area contributed by atoms with Crippen LogP contribution in [0.4, 0.5) is 0 Å². The van der Waals surface area contributed by atoms with Crippen molar-refractivity contribution in [1.29, 1.82) is 0 Å². The van der Waals surface area contributed by atoms with Gasteiger partial charge >= 0.3 is 0 Å². The first-order valence-corrected chi connectivity index (χ1v) is 4.87. The molecule has 0 atom stereocenters. The molecule has 76 valence electrons. The number of aromatic nitrogens is 1. The van der Waals surface area contributed by atoms with Gasteiger partial charge in [-0.1, -0.05) is 0 Å². The van der Waals surface area contributed by atoms with Gasteiger partial charge in [0.2, 0.25) is 11.8 Å². The number of nitrogens with two attached hydrogens (primary N) is 1. The molecule has 1 heterocycles. The molecule has 1 rings (SSSR count). The maximum atomic E-state index is 10.8. The quantitative estimate of drug-likeness (QED) is 0.562. The first-order valence-electron chi connectivity index (χ1n) is 4.23. The van der Waals surface area contributed by atoms with Crippen LogP contribution in [-0.4, -0.2) is 23.3 Å². The smallest absolute Gasteiger partial charge is 0.248 e. The Morgan fingerprint density at radius 2 is 2.43 bits per heavy atom. The fourth-order valence-electron chi connectivity index (χ4n) is 0.883. The summed E-state index contributed by atoms with van der Waals surface area (Å²) in [6, 6.07) is 3.08. The summed E-state index contributed by atoms with van der Waals surface area (Å²) >= 11 is 4.05. The number of nitrogens with zero attached hydrogens (tertiary/aromatic N) is 1. The molecule has 0 aliphatic heterocycles. The second-order valence-electron chi connectivity index (χ2n) is 2.67. The molecule has 4 nitrogen and oxygen atoms in total. The molecule has 0 radical (unpaired) electrons. The van der Waals surface area contributed by atoms with E-state index in [4.69, 9.17) is 10.5 Å². The predicted octanol–water partition coefficient (Wildman–Crippen LogP) is 0.879. The monoisotopic (exact) mass is 212 g/mol. The zero-order valence-corrected chi connectivity index (χ0v) is 8.54. The van der Waals surface area contributed by atoms with Gasteiger partial charge in [0.25, 0.3) is 0 Å². The van der Waals surface area contributed by atoms with Crippen LogP contribution in [0.3, 0.4) is 0 Å². The zero-order valence-electron chi connectivity index (χ0n) is 7.64. The molecule has 1 aromatic heterocycles. The number of carbonyl (C=O) groups is 1. The van der Waals surface area contributed by atoms with Gasteiger partial charge in [0.15, 0.2) is 0 Å². The minimum absolute atomic E-state index is 0.404. The van der Waals surface area contributed by atoms with Crippen LogP contribution in [0.25, 0.3) is 0 Å². The second-order valence-corrected chi connectivity index (χ2v) is 3.12. The number of primary amides is 1. The number of thiol groups is 1. The lowest BCUT2D eigenvalue weighted by molar-refractivity contribution is 0.0999. The highest BCUT2D eigenvalue weighted by Gasteiger charge is 2.02. The van der Waals surface area contributed by atoms with Crippen LogP contribution >= 0.6 is 12.6 Å². The fourth-order valence-corrected chi connectivity index (χ4v) is 1.01. The van der Waals surface area contributed by atoms with Crippen molar-refractivity contribution in [2.75, 3.05) is 12.4 Å². The zero-order chi connectivity index (χ0) is 10.4. The van der Waals surface area contributed by atoms with E-state index in [1.165, 1.54) is 12.3 Å². The Labute approximate surface area is 87.9 Å². The third-order valence-electron chi connectivity index (χ3n) is 1.57. The number of carbonyl (C=O) groups excluding carboxylic acids is 1. The summed E-state index contributed by atoms with van der Waals surface area (Å²) in [4.78, 5) is 14.7. The average molecular weight is 212 g/mol.